The van der Waals surface area contributed by atoms with Gasteiger partial charge in [-0.2, -0.15) is 0 Å². The van der Waals surface area contributed by atoms with Crippen molar-refractivity contribution in [3.8, 4) is 0 Å². The summed E-state index contributed by atoms with van der Waals surface area (Å²) in [5, 5.41) is 2.84. The van der Waals surface area contributed by atoms with E-state index >= 15 is 0 Å². The van der Waals surface area contributed by atoms with Crippen LogP contribution in [0, 0.1) is 5.92 Å². The minimum atomic E-state index is -0.556. The normalized spacial score (nSPS) is 17.7. The molecule has 128 valence electrons. The molecule has 0 radical (unpaired) electrons. The third-order valence-corrected chi connectivity index (χ3v) is 4.13. The molecule has 22 heavy (non-hydrogen) atoms. The van der Waals surface area contributed by atoms with Gasteiger partial charge in [-0.25, -0.2) is 4.79 Å². The van der Waals surface area contributed by atoms with Gasteiger partial charge in [-0.1, -0.05) is 19.3 Å². The monoisotopic (exact) mass is 312 g/mol. The van der Waals surface area contributed by atoms with Crippen molar-refractivity contribution >= 4 is 12.0 Å². The summed E-state index contributed by atoms with van der Waals surface area (Å²) in [5.74, 6) is 0.233. The fraction of sp³-hybridized carbons (Fsp3) is 0.882. The number of carbonyl (C=O) groups is 2. The number of nitrogens with zero attached hydrogens (tertiary/aromatic N) is 1. The zero-order chi connectivity index (χ0) is 16.8. The van der Waals surface area contributed by atoms with Crippen LogP contribution >= 0.6 is 0 Å². The molecule has 0 saturated heterocycles. The van der Waals surface area contributed by atoms with Crippen LogP contribution in [-0.4, -0.2) is 41.6 Å². The largest absolute Gasteiger partial charge is 0.444 e. The van der Waals surface area contributed by atoms with Crippen LogP contribution in [0.25, 0.3) is 0 Å². The lowest BCUT2D eigenvalue weighted by Gasteiger charge is -2.34. The van der Waals surface area contributed by atoms with Gasteiger partial charge in [-0.15, -0.1) is 0 Å². The average molecular weight is 312 g/mol. The smallest absolute Gasteiger partial charge is 0.408 e. The highest BCUT2D eigenvalue weighted by atomic mass is 16.6. The Balaban J connectivity index is 2.81. The summed E-state index contributed by atoms with van der Waals surface area (Å²) in [4.78, 5) is 26.7. The van der Waals surface area contributed by atoms with Crippen LogP contribution in [0.5, 0.6) is 0 Å². The van der Waals surface area contributed by atoms with Crippen LogP contribution < -0.4 is 5.32 Å². The Bertz CT molecular complexity index is 367. The Labute approximate surface area is 134 Å². The lowest BCUT2D eigenvalue weighted by Crippen LogP contribution is -2.53. The van der Waals surface area contributed by atoms with Crippen LogP contribution in [0.15, 0.2) is 0 Å². The number of hydrogen-bond donors (Lipinski definition) is 1. The van der Waals surface area contributed by atoms with Crippen molar-refractivity contribution in [2.75, 3.05) is 13.1 Å². The predicted molar refractivity (Wildman–Crippen MR) is 87.7 cm³/mol. The molecule has 0 aromatic carbocycles. The number of nitrogens with one attached hydrogen (secondary N) is 1. The molecule has 0 aliphatic heterocycles. The SMILES string of the molecule is CCN(CC)C(=O)[C@@H](NC(=O)OC(C)(C)C)C1CCCCC1. The number of likely N-dealkylation sites (N-methyl/N-ethyl adjacent to an activating group) is 1. The van der Waals surface area contributed by atoms with Crippen LogP contribution in [0.2, 0.25) is 0 Å². The molecule has 0 spiro atoms. The first-order chi connectivity index (χ1) is 10.3. The van der Waals surface area contributed by atoms with E-state index in [4.69, 9.17) is 4.74 Å². The van der Waals surface area contributed by atoms with Gasteiger partial charge in [0.25, 0.3) is 0 Å². The molecule has 0 aromatic heterocycles. The Kier molecular flexibility index (Phi) is 7.17. The maximum absolute atomic E-state index is 12.8. The van der Waals surface area contributed by atoms with E-state index in [-0.39, 0.29) is 11.8 Å². The number of alkyl carbamates (subject to hydrolysis) is 1. The van der Waals surface area contributed by atoms with Crippen LogP contribution in [0.4, 0.5) is 4.79 Å². The standard InChI is InChI=1S/C17H32N2O3/c1-6-19(7-2)15(20)14(13-11-9-8-10-12-13)18-16(21)22-17(3,4)5/h13-14H,6-12H2,1-5H3,(H,18,21)/t14-/m0/s1. The highest BCUT2D eigenvalue weighted by molar-refractivity contribution is 5.86. The molecule has 1 fully saturated rings. The first-order valence-electron chi connectivity index (χ1n) is 8.56. The molecule has 1 rings (SSSR count). The van der Waals surface area contributed by atoms with Gasteiger partial charge in [0.05, 0.1) is 0 Å². The summed E-state index contributed by atoms with van der Waals surface area (Å²) < 4.78 is 5.34. The molecule has 1 atom stereocenters. The Hall–Kier alpha value is -1.26. The van der Waals surface area contributed by atoms with E-state index in [9.17, 15) is 9.59 Å². The van der Waals surface area contributed by atoms with Gasteiger partial charge in [-0.05, 0) is 53.4 Å². The topological polar surface area (TPSA) is 58.6 Å². The van der Waals surface area contributed by atoms with E-state index in [0.717, 1.165) is 25.7 Å². The van der Waals surface area contributed by atoms with Crippen molar-refractivity contribution in [1.29, 1.82) is 0 Å². The number of hydrogen-bond acceptors (Lipinski definition) is 3. The van der Waals surface area contributed by atoms with E-state index in [1.807, 2.05) is 34.6 Å². The molecule has 0 bridgehead atoms. The predicted octanol–water partition coefficient (Wildman–Crippen LogP) is 3.33. The summed E-state index contributed by atoms with van der Waals surface area (Å²) >= 11 is 0. The van der Waals surface area contributed by atoms with Crippen LogP contribution in [0.3, 0.4) is 0 Å². The van der Waals surface area contributed by atoms with Crippen molar-refractivity contribution in [3.63, 3.8) is 0 Å². The quantitative estimate of drug-likeness (QED) is 0.847. The van der Waals surface area contributed by atoms with Crippen molar-refractivity contribution in [2.45, 2.75) is 78.4 Å². The molecular weight excluding hydrogens is 280 g/mol. The van der Waals surface area contributed by atoms with Gasteiger partial charge in [0.15, 0.2) is 0 Å². The Morgan fingerprint density at radius 2 is 1.68 bits per heavy atom. The lowest BCUT2D eigenvalue weighted by molar-refractivity contribution is -0.134. The van der Waals surface area contributed by atoms with Gasteiger partial charge in [0.2, 0.25) is 5.91 Å². The van der Waals surface area contributed by atoms with Crippen molar-refractivity contribution < 1.29 is 14.3 Å². The second-order valence-electron chi connectivity index (χ2n) is 7.03. The fourth-order valence-electron chi connectivity index (χ4n) is 3.02. The maximum atomic E-state index is 12.8. The van der Waals surface area contributed by atoms with Crippen LogP contribution in [0.1, 0.15) is 66.7 Å². The summed E-state index contributed by atoms with van der Waals surface area (Å²) in [6, 6.07) is -0.463. The molecule has 1 aliphatic carbocycles. The van der Waals surface area contributed by atoms with Gasteiger partial charge >= 0.3 is 6.09 Å². The van der Waals surface area contributed by atoms with E-state index in [1.165, 1.54) is 6.42 Å². The highest BCUT2D eigenvalue weighted by Gasteiger charge is 2.34. The molecular formula is C17H32N2O3. The molecule has 0 heterocycles. The second kappa shape index (κ2) is 8.39. The summed E-state index contributed by atoms with van der Waals surface area (Å²) in [5.41, 5.74) is -0.556. The van der Waals surface area contributed by atoms with E-state index in [2.05, 4.69) is 5.32 Å². The molecule has 0 unspecified atom stereocenters. The lowest BCUT2D eigenvalue weighted by atomic mass is 9.83. The number of amides is 2. The molecule has 5 nitrogen and oxygen atoms in total. The zero-order valence-corrected chi connectivity index (χ0v) is 14.8. The van der Waals surface area contributed by atoms with E-state index in [0.29, 0.717) is 13.1 Å². The number of ether oxygens (including phenoxy) is 1. The molecule has 1 aliphatic rings. The number of rotatable bonds is 5. The van der Waals surface area contributed by atoms with Gasteiger partial charge in [-0.3, -0.25) is 4.79 Å². The highest BCUT2D eigenvalue weighted by Crippen LogP contribution is 2.27. The number of carbonyl (C=O) groups excluding carboxylic acids is 2. The third-order valence-electron chi connectivity index (χ3n) is 4.13. The second-order valence-corrected chi connectivity index (χ2v) is 7.03. The molecule has 0 aromatic rings. The molecule has 1 N–H and O–H groups in total. The third kappa shape index (κ3) is 5.85. The van der Waals surface area contributed by atoms with Crippen LogP contribution in [-0.2, 0) is 9.53 Å². The first kappa shape index (κ1) is 18.8. The first-order valence-corrected chi connectivity index (χ1v) is 8.56. The fourth-order valence-corrected chi connectivity index (χ4v) is 3.02. The molecule has 5 heteroatoms. The minimum Gasteiger partial charge on any atom is -0.444 e. The Morgan fingerprint density at radius 3 is 2.14 bits per heavy atom. The van der Waals surface area contributed by atoms with E-state index < -0.39 is 17.7 Å². The summed E-state index contributed by atoms with van der Waals surface area (Å²) in [7, 11) is 0. The minimum absolute atomic E-state index is 0.0164. The van der Waals surface area contributed by atoms with Crippen molar-refractivity contribution in [3.05, 3.63) is 0 Å². The summed E-state index contributed by atoms with van der Waals surface area (Å²) in [6.45, 7) is 10.7. The van der Waals surface area contributed by atoms with Gasteiger partial charge in [0.1, 0.15) is 11.6 Å². The maximum Gasteiger partial charge on any atom is 0.408 e. The van der Waals surface area contributed by atoms with Crippen molar-refractivity contribution in [1.82, 2.24) is 10.2 Å². The van der Waals surface area contributed by atoms with Gasteiger partial charge < -0.3 is 15.0 Å². The summed E-state index contributed by atoms with van der Waals surface area (Å²) in [6.07, 6.45) is 4.96. The average Bonchev–Trinajstić information content (AvgIpc) is 2.45. The zero-order valence-electron chi connectivity index (χ0n) is 14.8. The van der Waals surface area contributed by atoms with Gasteiger partial charge in [0, 0.05) is 13.1 Å². The molecule has 2 amide bonds. The molecule has 1 saturated carbocycles. The van der Waals surface area contributed by atoms with E-state index in [1.54, 1.807) is 4.90 Å². The van der Waals surface area contributed by atoms with Crippen molar-refractivity contribution in [2.24, 2.45) is 5.92 Å². The Morgan fingerprint density at radius 1 is 1.14 bits per heavy atom.